The molecule has 3 rings (SSSR count). The molecule has 0 unspecified atom stereocenters. The van der Waals surface area contributed by atoms with Crippen LogP contribution in [0.1, 0.15) is 37.0 Å². The minimum atomic E-state index is -3.79. The van der Waals surface area contributed by atoms with Crippen molar-refractivity contribution in [1.82, 2.24) is 4.31 Å². The molecule has 0 aliphatic carbocycles. The van der Waals surface area contributed by atoms with Crippen LogP contribution in [0.4, 0.5) is 5.69 Å². The summed E-state index contributed by atoms with van der Waals surface area (Å²) in [5.74, 6) is -0.568. The molecule has 10 heteroatoms. The lowest BCUT2D eigenvalue weighted by Crippen LogP contribution is -2.28. The number of sulfonamides is 1. The van der Waals surface area contributed by atoms with E-state index in [0.29, 0.717) is 13.1 Å². The highest BCUT2D eigenvalue weighted by atomic mass is 32.2. The fourth-order valence-electron chi connectivity index (χ4n) is 3.41. The molecule has 168 valence electrons. The second kappa shape index (κ2) is 9.37. The zero-order chi connectivity index (χ0) is 22.6. The average Bonchev–Trinajstić information content (AvgIpc) is 3.31. The van der Waals surface area contributed by atoms with Gasteiger partial charge < -0.3 is 10.1 Å². The molecule has 0 spiro atoms. The van der Waals surface area contributed by atoms with Gasteiger partial charge in [0.05, 0.1) is 22.8 Å². The van der Waals surface area contributed by atoms with Gasteiger partial charge in [0.15, 0.2) is 9.84 Å². The van der Waals surface area contributed by atoms with E-state index in [1.54, 1.807) is 19.1 Å². The van der Waals surface area contributed by atoms with E-state index in [9.17, 15) is 21.6 Å². The Morgan fingerprint density at radius 3 is 2.32 bits per heavy atom. The third-order valence-corrected chi connectivity index (χ3v) is 8.74. The Balaban J connectivity index is 1.98. The molecule has 1 amide bonds. The number of ether oxygens (including phenoxy) is 1. The van der Waals surface area contributed by atoms with E-state index in [2.05, 4.69) is 5.32 Å². The number of rotatable bonds is 8. The van der Waals surface area contributed by atoms with Gasteiger partial charge in [-0.15, -0.1) is 0 Å². The standard InChI is InChI=1S/C21H26N2O6S2/c1-3-29-18-12-11-16(15-20(18)31(27,28)23-13-7-8-14-23)22-21(24)17-9-5-6-10-19(17)30(25,26)4-2/h5-6,9-12,15H,3-4,7-8,13-14H2,1-2H3,(H,22,24). The molecule has 0 atom stereocenters. The van der Waals surface area contributed by atoms with Crippen molar-refractivity contribution in [1.29, 1.82) is 0 Å². The largest absolute Gasteiger partial charge is 0.492 e. The molecule has 0 saturated carbocycles. The molecule has 1 saturated heterocycles. The normalized spacial score (nSPS) is 15.0. The van der Waals surface area contributed by atoms with Crippen LogP contribution in [0.25, 0.3) is 0 Å². The summed E-state index contributed by atoms with van der Waals surface area (Å²) in [6.45, 7) is 4.43. The van der Waals surface area contributed by atoms with E-state index in [1.165, 1.54) is 41.6 Å². The molecular weight excluding hydrogens is 440 g/mol. The van der Waals surface area contributed by atoms with Crippen LogP contribution in [0.2, 0.25) is 0 Å². The van der Waals surface area contributed by atoms with Crippen molar-refractivity contribution in [3.63, 3.8) is 0 Å². The first-order chi connectivity index (χ1) is 14.7. The molecule has 0 radical (unpaired) electrons. The van der Waals surface area contributed by atoms with Gasteiger partial charge in [-0.1, -0.05) is 19.1 Å². The number of anilines is 1. The Morgan fingerprint density at radius 1 is 1.00 bits per heavy atom. The number of nitrogens with one attached hydrogen (secondary N) is 1. The zero-order valence-electron chi connectivity index (χ0n) is 17.5. The summed E-state index contributed by atoms with van der Waals surface area (Å²) in [5, 5.41) is 2.63. The van der Waals surface area contributed by atoms with Crippen molar-refractivity contribution < 1.29 is 26.4 Å². The van der Waals surface area contributed by atoms with Crippen molar-refractivity contribution in [3.05, 3.63) is 48.0 Å². The average molecular weight is 467 g/mol. The number of carbonyl (C=O) groups is 1. The summed E-state index contributed by atoms with van der Waals surface area (Å²) < 4.78 is 57.8. The van der Waals surface area contributed by atoms with Crippen molar-refractivity contribution in [3.8, 4) is 5.75 Å². The molecule has 2 aromatic rings. The van der Waals surface area contributed by atoms with Crippen molar-refractivity contribution in [2.45, 2.75) is 36.5 Å². The number of carbonyl (C=O) groups excluding carboxylic acids is 1. The number of benzene rings is 2. The first-order valence-electron chi connectivity index (χ1n) is 10.1. The topological polar surface area (TPSA) is 110 Å². The van der Waals surface area contributed by atoms with Crippen LogP contribution in [0.5, 0.6) is 5.75 Å². The van der Waals surface area contributed by atoms with E-state index in [-0.39, 0.29) is 39.2 Å². The highest BCUT2D eigenvalue weighted by Gasteiger charge is 2.30. The molecule has 1 aliphatic heterocycles. The van der Waals surface area contributed by atoms with Crippen molar-refractivity contribution >= 4 is 31.5 Å². The first kappa shape index (κ1) is 23.2. The van der Waals surface area contributed by atoms with Crippen molar-refractivity contribution in [2.75, 3.05) is 30.8 Å². The fourth-order valence-corrected chi connectivity index (χ4v) is 6.18. The highest BCUT2D eigenvalue weighted by Crippen LogP contribution is 2.32. The van der Waals surface area contributed by atoms with Crippen molar-refractivity contribution in [2.24, 2.45) is 0 Å². The van der Waals surface area contributed by atoms with Gasteiger partial charge in [0.25, 0.3) is 5.91 Å². The predicted molar refractivity (Wildman–Crippen MR) is 118 cm³/mol. The lowest BCUT2D eigenvalue weighted by molar-refractivity contribution is 0.102. The van der Waals surface area contributed by atoms with E-state index in [4.69, 9.17) is 4.74 Å². The number of hydrogen-bond acceptors (Lipinski definition) is 6. The third kappa shape index (κ3) is 4.91. The Bertz CT molecular complexity index is 1170. The minimum Gasteiger partial charge on any atom is -0.492 e. The summed E-state index contributed by atoms with van der Waals surface area (Å²) in [4.78, 5) is 12.8. The number of hydrogen-bond donors (Lipinski definition) is 1. The van der Waals surface area contributed by atoms with Gasteiger partial charge >= 0.3 is 0 Å². The van der Waals surface area contributed by atoms with Gasteiger partial charge in [-0.05, 0) is 50.1 Å². The van der Waals surface area contributed by atoms with E-state index >= 15 is 0 Å². The quantitative estimate of drug-likeness (QED) is 0.641. The SMILES string of the molecule is CCOc1ccc(NC(=O)c2ccccc2S(=O)(=O)CC)cc1S(=O)(=O)N1CCCC1. The molecule has 31 heavy (non-hydrogen) atoms. The third-order valence-electron chi connectivity index (χ3n) is 5.03. The Labute approximate surface area is 183 Å². The van der Waals surface area contributed by atoms with E-state index in [1.807, 2.05) is 0 Å². The zero-order valence-corrected chi connectivity index (χ0v) is 19.1. The fraction of sp³-hybridized carbons (Fsp3) is 0.381. The van der Waals surface area contributed by atoms with Crippen LogP contribution in [0, 0.1) is 0 Å². The van der Waals surface area contributed by atoms with Crippen LogP contribution in [-0.4, -0.2) is 52.5 Å². The molecule has 1 aliphatic rings. The van der Waals surface area contributed by atoms with E-state index in [0.717, 1.165) is 12.8 Å². The molecule has 1 N–H and O–H groups in total. The molecular formula is C21H26N2O6S2. The number of nitrogens with zero attached hydrogens (tertiary/aromatic N) is 1. The van der Waals surface area contributed by atoms with Gasteiger partial charge in [-0.3, -0.25) is 4.79 Å². The van der Waals surface area contributed by atoms with Crippen LogP contribution in [-0.2, 0) is 19.9 Å². The lowest BCUT2D eigenvalue weighted by atomic mass is 10.2. The van der Waals surface area contributed by atoms with Crippen LogP contribution in [0.3, 0.4) is 0 Å². The summed E-state index contributed by atoms with van der Waals surface area (Å²) in [7, 11) is -7.39. The van der Waals surface area contributed by atoms with Gasteiger partial charge in [0, 0.05) is 18.8 Å². The molecule has 0 bridgehead atoms. The van der Waals surface area contributed by atoms with Gasteiger partial charge in [-0.25, -0.2) is 16.8 Å². The van der Waals surface area contributed by atoms with Gasteiger partial charge in [0.2, 0.25) is 10.0 Å². The second-order valence-electron chi connectivity index (χ2n) is 7.06. The van der Waals surface area contributed by atoms with Gasteiger partial charge in [-0.2, -0.15) is 4.31 Å². The molecule has 0 aromatic heterocycles. The predicted octanol–water partition coefficient (Wildman–Crippen LogP) is 2.92. The highest BCUT2D eigenvalue weighted by molar-refractivity contribution is 7.91. The number of amides is 1. The Morgan fingerprint density at radius 2 is 1.68 bits per heavy atom. The smallest absolute Gasteiger partial charge is 0.256 e. The molecule has 1 heterocycles. The summed E-state index contributed by atoms with van der Waals surface area (Å²) in [6.07, 6.45) is 1.59. The monoisotopic (exact) mass is 466 g/mol. The molecule has 1 fully saturated rings. The Hall–Kier alpha value is -2.43. The molecule has 8 nitrogen and oxygen atoms in total. The maximum absolute atomic E-state index is 13.1. The Kier molecular flexibility index (Phi) is 7.03. The van der Waals surface area contributed by atoms with Crippen LogP contribution in [0.15, 0.2) is 52.3 Å². The lowest BCUT2D eigenvalue weighted by Gasteiger charge is -2.19. The van der Waals surface area contributed by atoms with Gasteiger partial charge in [0.1, 0.15) is 10.6 Å². The van der Waals surface area contributed by atoms with Crippen LogP contribution >= 0.6 is 0 Å². The minimum absolute atomic E-state index is 0.00202. The maximum atomic E-state index is 13.1. The summed E-state index contributed by atoms with van der Waals surface area (Å²) in [6, 6.07) is 10.3. The summed E-state index contributed by atoms with van der Waals surface area (Å²) in [5.41, 5.74) is 0.233. The second-order valence-corrected chi connectivity index (χ2v) is 11.2. The van der Waals surface area contributed by atoms with Crippen LogP contribution < -0.4 is 10.1 Å². The van der Waals surface area contributed by atoms with E-state index < -0.39 is 25.8 Å². The number of sulfone groups is 1. The summed E-state index contributed by atoms with van der Waals surface area (Å²) >= 11 is 0. The maximum Gasteiger partial charge on any atom is 0.256 e. The first-order valence-corrected chi connectivity index (χ1v) is 13.2. The molecule has 2 aromatic carbocycles.